The molecule has 5 heteroatoms. The molecule has 1 N–H and O–H groups in total. The van der Waals surface area contributed by atoms with Crippen LogP contribution in [-0.4, -0.2) is 31.8 Å². The summed E-state index contributed by atoms with van der Waals surface area (Å²) in [6.07, 6.45) is -0.248. The van der Waals surface area contributed by atoms with Crippen molar-refractivity contribution in [1.82, 2.24) is 5.32 Å². The van der Waals surface area contributed by atoms with Gasteiger partial charge in [-0.1, -0.05) is 18.2 Å². The van der Waals surface area contributed by atoms with Gasteiger partial charge in [0.1, 0.15) is 0 Å². The van der Waals surface area contributed by atoms with Gasteiger partial charge >= 0.3 is 0 Å². The number of amides is 1. The summed E-state index contributed by atoms with van der Waals surface area (Å²) in [5, 5.41) is 2.85. The van der Waals surface area contributed by atoms with Crippen LogP contribution in [0.2, 0.25) is 0 Å². The van der Waals surface area contributed by atoms with Gasteiger partial charge in [0.15, 0.2) is 11.9 Å². The maximum Gasteiger partial charge on any atom is 0.251 e. The summed E-state index contributed by atoms with van der Waals surface area (Å²) in [6.45, 7) is 4.15. The quantitative estimate of drug-likeness (QED) is 0.821. The Morgan fingerprint density at radius 2 is 2.16 bits per heavy atom. The first-order chi connectivity index (χ1) is 9.17. The van der Waals surface area contributed by atoms with Gasteiger partial charge in [-0.05, 0) is 18.6 Å². The smallest absolute Gasteiger partial charge is 0.251 e. The minimum Gasteiger partial charge on any atom is -0.363 e. The fraction of sp³-hybridized carbons (Fsp3) is 0.500. The van der Waals surface area contributed by atoms with Crippen LogP contribution < -0.4 is 5.32 Å². The Labute approximate surface area is 111 Å². The van der Waals surface area contributed by atoms with Crippen molar-refractivity contribution in [3.05, 3.63) is 35.4 Å². The molecular weight excluding hydrogens is 246 g/mol. The number of epoxide rings is 1. The lowest BCUT2D eigenvalue weighted by Gasteiger charge is -2.23. The third kappa shape index (κ3) is 2.78. The van der Waals surface area contributed by atoms with E-state index in [0.717, 1.165) is 11.1 Å². The van der Waals surface area contributed by atoms with Crippen molar-refractivity contribution >= 4 is 5.91 Å². The lowest BCUT2D eigenvalue weighted by Crippen LogP contribution is -2.28. The molecule has 2 fully saturated rings. The molecule has 0 aromatic heterocycles. The molecule has 102 valence electrons. The van der Waals surface area contributed by atoms with Crippen LogP contribution in [0, 0.1) is 0 Å². The molecule has 2 saturated heterocycles. The van der Waals surface area contributed by atoms with Crippen LogP contribution in [0.25, 0.3) is 0 Å². The van der Waals surface area contributed by atoms with E-state index in [2.05, 4.69) is 5.32 Å². The van der Waals surface area contributed by atoms with Gasteiger partial charge in [0.05, 0.1) is 19.8 Å². The molecule has 0 saturated carbocycles. The first-order valence-electron chi connectivity index (χ1n) is 6.44. The minimum atomic E-state index is -0.667. The number of hydrogen-bond donors (Lipinski definition) is 1. The van der Waals surface area contributed by atoms with Gasteiger partial charge in [-0.25, -0.2) is 0 Å². The third-order valence-corrected chi connectivity index (χ3v) is 3.38. The van der Waals surface area contributed by atoms with Crippen molar-refractivity contribution in [2.45, 2.75) is 25.4 Å². The van der Waals surface area contributed by atoms with E-state index in [1.54, 1.807) is 0 Å². The highest BCUT2D eigenvalue weighted by molar-refractivity contribution is 5.82. The predicted octanol–water partition coefficient (Wildman–Crippen LogP) is 0.921. The summed E-state index contributed by atoms with van der Waals surface area (Å²) in [4.78, 5) is 11.5. The van der Waals surface area contributed by atoms with Crippen LogP contribution in [0.5, 0.6) is 0 Å². The fourth-order valence-electron chi connectivity index (χ4n) is 2.15. The number of benzene rings is 1. The van der Waals surface area contributed by atoms with Crippen molar-refractivity contribution in [3.8, 4) is 0 Å². The van der Waals surface area contributed by atoms with Crippen molar-refractivity contribution in [2.24, 2.45) is 0 Å². The molecule has 0 aliphatic carbocycles. The van der Waals surface area contributed by atoms with E-state index in [0.29, 0.717) is 26.4 Å². The van der Waals surface area contributed by atoms with Crippen molar-refractivity contribution in [1.29, 1.82) is 0 Å². The Kier molecular flexibility index (Phi) is 3.26. The predicted molar refractivity (Wildman–Crippen MR) is 67.3 cm³/mol. The summed E-state index contributed by atoms with van der Waals surface area (Å²) < 4.78 is 16.2. The number of carbonyl (C=O) groups is 1. The molecular formula is C14H17NO4. The van der Waals surface area contributed by atoms with Crippen molar-refractivity contribution < 1.29 is 19.0 Å². The lowest BCUT2D eigenvalue weighted by molar-refractivity contribution is -0.149. The van der Waals surface area contributed by atoms with Crippen molar-refractivity contribution in [3.63, 3.8) is 0 Å². The molecule has 2 heterocycles. The van der Waals surface area contributed by atoms with Gasteiger partial charge in [0.25, 0.3) is 5.91 Å². The molecule has 1 atom stereocenters. The monoisotopic (exact) mass is 263 g/mol. The first kappa shape index (κ1) is 12.6. The molecule has 1 aromatic carbocycles. The Hall–Kier alpha value is -1.43. The highest BCUT2D eigenvalue weighted by Crippen LogP contribution is 2.31. The van der Waals surface area contributed by atoms with Gasteiger partial charge in [0.2, 0.25) is 0 Å². The fourth-order valence-corrected chi connectivity index (χ4v) is 2.15. The molecule has 1 aromatic rings. The second-order valence-corrected chi connectivity index (χ2v) is 4.88. The molecule has 2 aliphatic heterocycles. The molecule has 2 aliphatic rings. The van der Waals surface area contributed by atoms with E-state index in [1.807, 2.05) is 31.2 Å². The summed E-state index contributed by atoms with van der Waals surface area (Å²) in [6, 6.07) is 7.89. The van der Waals surface area contributed by atoms with E-state index in [-0.39, 0.29) is 12.0 Å². The second-order valence-electron chi connectivity index (χ2n) is 4.88. The van der Waals surface area contributed by atoms with E-state index in [9.17, 15) is 4.79 Å². The number of nitrogens with one attached hydrogen (secondary N) is 1. The number of carbonyl (C=O) groups excluding carboxylic acids is 1. The van der Waals surface area contributed by atoms with Gasteiger partial charge < -0.3 is 19.5 Å². The lowest BCUT2D eigenvalue weighted by atomic mass is 10.0. The highest BCUT2D eigenvalue weighted by Gasteiger charge is 2.33. The molecule has 1 unspecified atom stereocenters. The van der Waals surface area contributed by atoms with Gasteiger partial charge in [-0.15, -0.1) is 0 Å². The molecule has 19 heavy (non-hydrogen) atoms. The standard InChI is InChI=1S/C14H17NO4/c1-14(18-5-6-19-14)11-4-2-3-10(7-11)8-15-13(16)12-9-17-12/h2-4,7,12H,5-6,8-9H2,1H3,(H,15,16). The van der Waals surface area contributed by atoms with Crippen LogP contribution >= 0.6 is 0 Å². The normalized spacial score (nSPS) is 24.2. The zero-order chi connectivity index (χ0) is 13.3. The van der Waals surface area contributed by atoms with Crippen LogP contribution in [-0.2, 0) is 31.3 Å². The van der Waals surface area contributed by atoms with Crippen LogP contribution in [0.3, 0.4) is 0 Å². The van der Waals surface area contributed by atoms with E-state index in [1.165, 1.54) is 0 Å². The molecule has 5 nitrogen and oxygen atoms in total. The van der Waals surface area contributed by atoms with Gasteiger partial charge in [-0.2, -0.15) is 0 Å². The average molecular weight is 263 g/mol. The van der Waals surface area contributed by atoms with Gasteiger partial charge in [0, 0.05) is 12.1 Å². The molecule has 0 radical (unpaired) electrons. The number of ether oxygens (including phenoxy) is 3. The second kappa shape index (κ2) is 4.92. The third-order valence-electron chi connectivity index (χ3n) is 3.38. The topological polar surface area (TPSA) is 60.1 Å². The first-order valence-corrected chi connectivity index (χ1v) is 6.44. The molecule has 0 bridgehead atoms. The summed E-state index contributed by atoms with van der Waals surface area (Å²) in [5.41, 5.74) is 1.99. The Bertz CT molecular complexity index is 478. The SMILES string of the molecule is CC1(c2cccc(CNC(=O)C3CO3)c2)OCCO1. The maximum absolute atomic E-state index is 11.5. The molecule has 1 amide bonds. The van der Waals surface area contributed by atoms with Crippen LogP contribution in [0.1, 0.15) is 18.1 Å². The number of rotatable bonds is 4. The summed E-state index contributed by atoms with van der Waals surface area (Å²) >= 11 is 0. The van der Waals surface area contributed by atoms with Crippen LogP contribution in [0.4, 0.5) is 0 Å². The van der Waals surface area contributed by atoms with Crippen LogP contribution in [0.15, 0.2) is 24.3 Å². The Balaban J connectivity index is 1.67. The van der Waals surface area contributed by atoms with Crippen molar-refractivity contribution in [2.75, 3.05) is 19.8 Å². The maximum atomic E-state index is 11.5. The van der Waals surface area contributed by atoms with E-state index in [4.69, 9.17) is 14.2 Å². The minimum absolute atomic E-state index is 0.0509. The summed E-state index contributed by atoms with van der Waals surface area (Å²) in [7, 11) is 0. The highest BCUT2D eigenvalue weighted by atomic mass is 16.7. The number of hydrogen-bond acceptors (Lipinski definition) is 4. The molecule has 0 spiro atoms. The van der Waals surface area contributed by atoms with E-state index >= 15 is 0 Å². The van der Waals surface area contributed by atoms with Gasteiger partial charge in [-0.3, -0.25) is 4.79 Å². The average Bonchev–Trinajstić information content (AvgIpc) is 3.19. The zero-order valence-corrected chi connectivity index (χ0v) is 10.8. The molecule has 3 rings (SSSR count). The summed E-state index contributed by atoms with van der Waals surface area (Å²) in [5.74, 6) is -0.718. The Morgan fingerprint density at radius 1 is 1.42 bits per heavy atom. The zero-order valence-electron chi connectivity index (χ0n) is 10.8. The largest absolute Gasteiger partial charge is 0.363 e. The van der Waals surface area contributed by atoms with E-state index < -0.39 is 5.79 Å². The Morgan fingerprint density at radius 3 is 2.84 bits per heavy atom.